The summed E-state index contributed by atoms with van der Waals surface area (Å²) in [7, 11) is 1.62. The number of carbonyl (C=O) groups is 2. The van der Waals surface area contributed by atoms with E-state index in [0.29, 0.717) is 19.3 Å². The van der Waals surface area contributed by atoms with Gasteiger partial charge in [0.05, 0.1) is 7.11 Å². The highest BCUT2D eigenvalue weighted by molar-refractivity contribution is 5.83. The standard InChI is InChI=1S/C17H25NO4/c1-12(2)11-15(17(20)21)18-16(19)6-4-5-13-7-9-14(22-3)10-8-13/h7-10,12,15H,4-6,11H2,1-3H3,(H,18,19)(H,20,21)/t15-/m1/s1. The Labute approximate surface area is 131 Å². The molecule has 0 saturated heterocycles. The minimum Gasteiger partial charge on any atom is -0.497 e. The summed E-state index contributed by atoms with van der Waals surface area (Å²) in [6, 6.07) is 6.91. The maximum Gasteiger partial charge on any atom is 0.326 e. The van der Waals surface area contributed by atoms with E-state index >= 15 is 0 Å². The van der Waals surface area contributed by atoms with Crippen LogP contribution < -0.4 is 10.1 Å². The fraction of sp³-hybridized carbons (Fsp3) is 0.529. The van der Waals surface area contributed by atoms with Gasteiger partial charge in [0.2, 0.25) is 5.91 Å². The zero-order valence-corrected chi connectivity index (χ0v) is 13.5. The van der Waals surface area contributed by atoms with Crippen molar-refractivity contribution in [1.29, 1.82) is 0 Å². The van der Waals surface area contributed by atoms with Crippen molar-refractivity contribution in [1.82, 2.24) is 5.32 Å². The predicted octanol–water partition coefficient (Wildman–Crippen LogP) is 2.63. The molecule has 0 saturated carbocycles. The Kier molecular flexibility index (Phi) is 7.43. The fourth-order valence-corrected chi connectivity index (χ4v) is 2.20. The van der Waals surface area contributed by atoms with E-state index in [1.165, 1.54) is 0 Å². The largest absolute Gasteiger partial charge is 0.497 e. The van der Waals surface area contributed by atoms with Crippen LogP contribution in [0.3, 0.4) is 0 Å². The van der Waals surface area contributed by atoms with Crippen molar-refractivity contribution in [2.75, 3.05) is 7.11 Å². The van der Waals surface area contributed by atoms with E-state index in [4.69, 9.17) is 9.84 Å². The molecule has 0 radical (unpaired) electrons. The summed E-state index contributed by atoms with van der Waals surface area (Å²) >= 11 is 0. The lowest BCUT2D eigenvalue weighted by Crippen LogP contribution is -2.41. The average molecular weight is 307 g/mol. The molecule has 0 spiro atoms. The summed E-state index contributed by atoms with van der Waals surface area (Å²) < 4.78 is 5.09. The summed E-state index contributed by atoms with van der Waals surface area (Å²) in [5.74, 6) is -0.154. The second kappa shape index (κ2) is 9.07. The molecule has 0 aromatic heterocycles. The first-order valence-electron chi connectivity index (χ1n) is 7.57. The first-order valence-corrected chi connectivity index (χ1v) is 7.57. The molecular formula is C17H25NO4. The summed E-state index contributed by atoms with van der Waals surface area (Å²) in [5.41, 5.74) is 1.13. The molecule has 0 bridgehead atoms. The van der Waals surface area contributed by atoms with Gasteiger partial charge in [-0.3, -0.25) is 4.79 Å². The molecule has 0 heterocycles. The van der Waals surface area contributed by atoms with Gasteiger partial charge in [-0.15, -0.1) is 0 Å². The average Bonchev–Trinajstić information content (AvgIpc) is 2.46. The van der Waals surface area contributed by atoms with Crippen molar-refractivity contribution in [3.05, 3.63) is 29.8 Å². The van der Waals surface area contributed by atoms with E-state index in [-0.39, 0.29) is 11.8 Å². The van der Waals surface area contributed by atoms with Crippen LogP contribution in [0.4, 0.5) is 0 Å². The topological polar surface area (TPSA) is 75.6 Å². The van der Waals surface area contributed by atoms with E-state index < -0.39 is 12.0 Å². The van der Waals surface area contributed by atoms with Crippen molar-refractivity contribution in [3.8, 4) is 5.75 Å². The number of aliphatic carboxylic acids is 1. The molecule has 1 rings (SSSR count). The maximum absolute atomic E-state index is 11.8. The quantitative estimate of drug-likeness (QED) is 0.735. The van der Waals surface area contributed by atoms with Gasteiger partial charge >= 0.3 is 5.97 Å². The predicted molar refractivity (Wildman–Crippen MR) is 85.0 cm³/mol. The van der Waals surface area contributed by atoms with Crippen LogP contribution in [0.5, 0.6) is 5.75 Å². The number of carboxylic acids is 1. The van der Waals surface area contributed by atoms with E-state index in [9.17, 15) is 9.59 Å². The van der Waals surface area contributed by atoms with Crippen LogP contribution in [0.2, 0.25) is 0 Å². The molecule has 2 N–H and O–H groups in total. The highest BCUT2D eigenvalue weighted by atomic mass is 16.5. The second-order valence-electron chi connectivity index (χ2n) is 5.79. The number of hydrogen-bond donors (Lipinski definition) is 2. The molecule has 0 aliphatic heterocycles. The minimum absolute atomic E-state index is 0.207. The molecule has 0 fully saturated rings. The Morgan fingerprint density at radius 2 is 1.86 bits per heavy atom. The van der Waals surface area contributed by atoms with Crippen LogP contribution in [-0.4, -0.2) is 30.1 Å². The van der Waals surface area contributed by atoms with Crippen molar-refractivity contribution < 1.29 is 19.4 Å². The second-order valence-corrected chi connectivity index (χ2v) is 5.79. The number of benzene rings is 1. The Balaban J connectivity index is 2.36. The van der Waals surface area contributed by atoms with Gasteiger partial charge < -0.3 is 15.2 Å². The van der Waals surface area contributed by atoms with E-state index in [1.54, 1.807) is 7.11 Å². The lowest BCUT2D eigenvalue weighted by atomic mass is 10.0. The van der Waals surface area contributed by atoms with E-state index in [0.717, 1.165) is 17.7 Å². The van der Waals surface area contributed by atoms with Crippen molar-refractivity contribution in [3.63, 3.8) is 0 Å². The molecule has 22 heavy (non-hydrogen) atoms. The van der Waals surface area contributed by atoms with E-state index in [2.05, 4.69) is 5.32 Å². The number of hydrogen-bond acceptors (Lipinski definition) is 3. The minimum atomic E-state index is -0.975. The SMILES string of the molecule is COc1ccc(CCCC(=O)N[C@H](CC(C)C)C(=O)O)cc1. The molecular weight excluding hydrogens is 282 g/mol. The summed E-state index contributed by atoms with van der Waals surface area (Å²) in [5, 5.41) is 11.7. The fourth-order valence-electron chi connectivity index (χ4n) is 2.20. The third-order valence-corrected chi connectivity index (χ3v) is 3.37. The number of carbonyl (C=O) groups excluding carboxylic acids is 1. The Morgan fingerprint density at radius 3 is 2.36 bits per heavy atom. The number of carboxylic acid groups (broad SMARTS) is 1. The highest BCUT2D eigenvalue weighted by Gasteiger charge is 2.20. The first kappa shape index (κ1) is 18.0. The van der Waals surface area contributed by atoms with Crippen molar-refractivity contribution in [2.45, 2.75) is 45.6 Å². The lowest BCUT2D eigenvalue weighted by molar-refractivity contribution is -0.142. The third kappa shape index (κ3) is 6.61. The van der Waals surface area contributed by atoms with Crippen molar-refractivity contribution >= 4 is 11.9 Å². The first-order chi connectivity index (χ1) is 10.4. The summed E-state index contributed by atoms with van der Waals surface area (Å²) in [4.78, 5) is 22.9. The molecule has 0 aliphatic rings. The van der Waals surface area contributed by atoms with Gasteiger partial charge in [-0.2, -0.15) is 0 Å². The van der Waals surface area contributed by atoms with Gasteiger partial charge in [0.15, 0.2) is 0 Å². The molecule has 5 nitrogen and oxygen atoms in total. The van der Waals surface area contributed by atoms with Gasteiger partial charge in [0.25, 0.3) is 0 Å². The van der Waals surface area contributed by atoms with Gasteiger partial charge in [-0.25, -0.2) is 4.79 Å². The Morgan fingerprint density at radius 1 is 1.23 bits per heavy atom. The molecule has 5 heteroatoms. The van der Waals surface area contributed by atoms with Crippen LogP contribution in [-0.2, 0) is 16.0 Å². The van der Waals surface area contributed by atoms with Gasteiger partial charge in [-0.1, -0.05) is 26.0 Å². The van der Waals surface area contributed by atoms with Crippen LogP contribution in [0.25, 0.3) is 0 Å². The van der Waals surface area contributed by atoms with Crippen LogP contribution in [0, 0.1) is 5.92 Å². The van der Waals surface area contributed by atoms with Crippen molar-refractivity contribution in [2.24, 2.45) is 5.92 Å². The number of amides is 1. The molecule has 122 valence electrons. The molecule has 0 aliphatic carbocycles. The van der Waals surface area contributed by atoms with Crippen LogP contribution in [0.15, 0.2) is 24.3 Å². The third-order valence-electron chi connectivity index (χ3n) is 3.37. The maximum atomic E-state index is 11.8. The van der Waals surface area contributed by atoms with E-state index in [1.807, 2.05) is 38.1 Å². The Hall–Kier alpha value is -2.04. The normalized spacial score (nSPS) is 12.0. The zero-order chi connectivity index (χ0) is 16.5. The number of nitrogens with one attached hydrogen (secondary N) is 1. The molecule has 0 unspecified atom stereocenters. The van der Waals surface area contributed by atoms with Gasteiger partial charge in [0.1, 0.15) is 11.8 Å². The summed E-state index contributed by atoms with van der Waals surface area (Å²) in [6.45, 7) is 3.87. The monoisotopic (exact) mass is 307 g/mol. The molecule has 1 aromatic rings. The van der Waals surface area contributed by atoms with Gasteiger partial charge in [-0.05, 0) is 42.9 Å². The van der Waals surface area contributed by atoms with Crippen LogP contribution >= 0.6 is 0 Å². The number of aryl methyl sites for hydroxylation is 1. The zero-order valence-electron chi connectivity index (χ0n) is 13.5. The summed E-state index contributed by atoms with van der Waals surface area (Å²) in [6.07, 6.45) is 2.24. The number of rotatable bonds is 9. The lowest BCUT2D eigenvalue weighted by Gasteiger charge is -2.16. The molecule has 1 aromatic carbocycles. The van der Waals surface area contributed by atoms with Gasteiger partial charge in [0, 0.05) is 6.42 Å². The number of ether oxygens (including phenoxy) is 1. The molecule has 1 atom stereocenters. The van der Waals surface area contributed by atoms with Crippen LogP contribution in [0.1, 0.15) is 38.7 Å². The molecule has 1 amide bonds. The highest BCUT2D eigenvalue weighted by Crippen LogP contribution is 2.13. The smallest absolute Gasteiger partial charge is 0.326 e. The Bertz CT molecular complexity index is 482. The number of methoxy groups -OCH3 is 1.